The van der Waals surface area contributed by atoms with Gasteiger partial charge in [-0.3, -0.25) is 4.40 Å². The summed E-state index contributed by atoms with van der Waals surface area (Å²) in [5, 5.41) is 11.2. The third-order valence-electron chi connectivity index (χ3n) is 2.02. The van der Waals surface area contributed by atoms with E-state index in [9.17, 15) is 5.11 Å². The van der Waals surface area contributed by atoms with Gasteiger partial charge in [-0.05, 0) is 12.1 Å². The Balaban J connectivity index is 2.59. The van der Waals surface area contributed by atoms with Crippen LogP contribution in [0, 0.1) is 0 Å². The zero-order valence-electron chi connectivity index (χ0n) is 6.64. The normalized spacial score (nSPS) is 11.4. The number of nitrogens with zero attached hydrogens (tertiary/aromatic N) is 2. The number of phenolic OH excluding ortho intramolecular Hbond substituents is 1. The SMILES string of the molecule is Oc1ccc2c(c1)nc1sccn12. The van der Waals surface area contributed by atoms with E-state index in [1.54, 1.807) is 23.5 Å². The van der Waals surface area contributed by atoms with E-state index in [0.717, 1.165) is 16.0 Å². The van der Waals surface area contributed by atoms with Crippen molar-refractivity contribution in [1.82, 2.24) is 9.38 Å². The Hall–Kier alpha value is -1.55. The van der Waals surface area contributed by atoms with Crippen molar-refractivity contribution in [3.63, 3.8) is 0 Å². The molecule has 0 spiro atoms. The van der Waals surface area contributed by atoms with E-state index in [2.05, 4.69) is 4.98 Å². The minimum absolute atomic E-state index is 0.262. The predicted molar refractivity (Wildman–Crippen MR) is 52.2 cm³/mol. The van der Waals surface area contributed by atoms with Crippen molar-refractivity contribution < 1.29 is 5.11 Å². The van der Waals surface area contributed by atoms with E-state index in [-0.39, 0.29) is 5.75 Å². The number of fused-ring (bicyclic) bond motifs is 3. The maximum Gasteiger partial charge on any atom is 0.194 e. The molecule has 0 saturated carbocycles. The number of thiazole rings is 1. The first-order chi connectivity index (χ1) is 6.34. The lowest BCUT2D eigenvalue weighted by molar-refractivity contribution is 0.476. The molecule has 0 atom stereocenters. The highest BCUT2D eigenvalue weighted by molar-refractivity contribution is 7.15. The molecule has 1 aromatic carbocycles. The van der Waals surface area contributed by atoms with Crippen LogP contribution in [0.3, 0.4) is 0 Å². The number of phenols is 1. The second kappa shape index (κ2) is 2.23. The van der Waals surface area contributed by atoms with E-state index < -0.39 is 0 Å². The highest BCUT2D eigenvalue weighted by atomic mass is 32.1. The third-order valence-corrected chi connectivity index (χ3v) is 2.78. The molecule has 3 aromatic rings. The Labute approximate surface area is 77.9 Å². The largest absolute Gasteiger partial charge is 0.508 e. The van der Waals surface area contributed by atoms with Gasteiger partial charge >= 0.3 is 0 Å². The fourth-order valence-electron chi connectivity index (χ4n) is 1.44. The summed E-state index contributed by atoms with van der Waals surface area (Å²) in [6.45, 7) is 0. The van der Waals surface area contributed by atoms with Gasteiger partial charge in [-0.2, -0.15) is 0 Å². The van der Waals surface area contributed by atoms with Gasteiger partial charge in [0.15, 0.2) is 4.96 Å². The minimum atomic E-state index is 0.262. The highest BCUT2D eigenvalue weighted by Gasteiger charge is 2.04. The average molecular weight is 190 g/mol. The molecular weight excluding hydrogens is 184 g/mol. The molecule has 3 nitrogen and oxygen atoms in total. The number of aromatic nitrogens is 2. The molecule has 64 valence electrons. The molecule has 13 heavy (non-hydrogen) atoms. The fourth-order valence-corrected chi connectivity index (χ4v) is 2.17. The average Bonchev–Trinajstić information content (AvgIpc) is 2.62. The van der Waals surface area contributed by atoms with Gasteiger partial charge in [0.1, 0.15) is 5.75 Å². The maximum atomic E-state index is 9.25. The van der Waals surface area contributed by atoms with Crippen molar-refractivity contribution in [3.8, 4) is 5.75 Å². The number of imidazole rings is 1. The third kappa shape index (κ3) is 0.860. The Morgan fingerprint density at radius 3 is 3.23 bits per heavy atom. The van der Waals surface area contributed by atoms with Crippen LogP contribution in [-0.2, 0) is 0 Å². The predicted octanol–water partition coefficient (Wildman–Crippen LogP) is 2.25. The Bertz CT molecular complexity index is 581. The summed E-state index contributed by atoms with van der Waals surface area (Å²) < 4.78 is 2.01. The monoisotopic (exact) mass is 190 g/mol. The van der Waals surface area contributed by atoms with Crippen LogP contribution in [0.5, 0.6) is 5.75 Å². The van der Waals surface area contributed by atoms with Crippen molar-refractivity contribution in [2.75, 3.05) is 0 Å². The number of hydrogen-bond donors (Lipinski definition) is 1. The molecule has 4 heteroatoms. The second-order valence-electron chi connectivity index (χ2n) is 2.84. The number of rotatable bonds is 0. The van der Waals surface area contributed by atoms with Gasteiger partial charge in [0.05, 0.1) is 11.0 Å². The Morgan fingerprint density at radius 2 is 2.31 bits per heavy atom. The van der Waals surface area contributed by atoms with Crippen LogP contribution >= 0.6 is 11.3 Å². The van der Waals surface area contributed by atoms with E-state index in [0.29, 0.717) is 0 Å². The van der Waals surface area contributed by atoms with Crippen LogP contribution < -0.4 is 0 Å². The molecule has 2 aromatic heterocycles. The van der Waals surface area contributed by atoms with Gasteiger partial charge in [-0.1, -0.05) is 0 Å². The van der Waals surface area contributed by atoms with Gasteiger partial charge in [0.25, 0.3) is 0 Å². The number of hydrogen-bond acceptors (Lipinski definition) is 3. The van der Waals surface area contributed by atoms with Gasteiger partial charge in [0, 0.05) is 17.6 Å². The van der Waals surface area contributed by atoms with E-state index in [1.165, 1.54) is 0 Å². The van der Waals surface area contributed by atoms with Gasteiger partial charge < -0.3 is 5.11 Å². The highest BCUT2D eigenvalue weighted by Crippen LogP contribution is 2.23. The molecule has 2 heterocycles. The lowest BCUT2D eigenvalue weighted by Crippen LogP contribution is -1.74. The van der Waals surface area contributed by atoms with Crippen LogP contribution in [0.25, 0.3) is 16.0 Å². The Kier molecular flexibility index (Phi) is 1.19. The molecule has 0 fully saturated rings. The molecule has 0 saturated heterocycles. The van der Waals surface area contributed by atoms with Gasteiger partial charge in [0.2, 0.25) is 0 Å². The van der Waals surface area contributed by atoms with Crippen LogP contribution in [0.4, 0.5) is 0 Å². The summed E-state index contributed by atoms with van der Waals surface area (Å²) in [6.07, 6.45) is 1.98. The maximum absolute atomic E-state index is 9.25. The van der Waals surface area contributed by atoms with Crippen LogP contribution in [-0.4, -0.2) is 14.5 Å². The first kappa shape index (κ1) is 6.91. The van der Waals surface area contributed by atoms with Crippen molar-refractivity contribution in [2.45, 2.75) is 0 Å². The first-order valence-electron chi connectivity index (χ1n) is 3.89. The molecular formula is C9H6N2OS. The molecule has 0 bridgehead atoms. The second-order valence-corrected chi connectivity index (χ2v) is 3.71. The van der Waals surface area contributed by atoms with Crippen molar-refractivity contribution in [2.24, 2.45) is 0 Å². The quantitative estimate of drug-likeness (QED) is 0.590. The summed E-state index contributed by atoms with van der Waals surface area (Å²) in [7, 11) is 0. The Morgan fingerprint density at radius 1 is 1.38 bits per heavy atom. The molecule has 0 radical (unpaired) electrons. The smallest absolute Gasteiger partial charge is 0.194 e. The molecule has 0 aliphatic carbocycles. The van der Waals surface area contributed by atoms with E-state index >= 15 is 0 Å². The summed E-state index contributed by atoms with van der Waals surface area (Å²) in [5.41, 5.74) is 1.88. The first-order valence-corrected chi connectivity index (χ1v) is 4.77. The summed E-state index contributed by atoms with van der Waals surface area (Å²) >= 11 is 1.59. The standard InChI is InChI=1S/C9H6N2OS/c12-6-1-2-8-7(5-6)10-9-11(8)3-4-13-9/h1-5,12H. The fraction of sp³-hybridized carbons (Fsp3) is 0. The van der Waals surface area contributed by atoms with Crippen molar-refractivity contribution in [1.29, 1.82) is 0 Å². The van der Waals surface area contributed by atoms with Gasteiger partial charge in [-0.25, -0.2) is 4.98 Å². The van der Waals surface area contributed by atoms with Crippen LogP contribution in [0.2, 0.25) is 0 Å². The summed E-state index contributed by atoms with van der Waals surface area (Å²) in [6, 6.07) is 5.22. The van der Waals surface area contributed by atoms with E-state index in [1.807, 2.05) is 22.0 Å². The molecule has 1 N–H and O–H groups in total. The zero-order chi connectivity index (χ0) is 8.84. The molecule has 0 amide bonds. The van der Waals surface area contributed by atoms with Crippen LogP contribution in [0.1, 0.15) is 0 Å². The number of aromatic hydroxyl groups is 1. The number of benzene rings is 1. The summed E-state index contributed by atoms with van der Waals surface area (Å²) in [4.78, 5) is 5.32. The summed E-state index contributed by atoms with van der Waals surface area (Å²) in [5.74, 6) is 0.262. The molecule has 3 rings (SSSR count). The topological polar surface area (TPSA) is 37.5 Å². The minimum Gasteiger partial charge on any atom is -0.508 e. The molecule has 0 unspecified atom stereocenters. The lowest BCUT2D eigenvalue weighted by atomic mass is 10.3. The lowest BCUT2D eigenvalue weighted by Gasteiger charge is -1.90. The van der Waals surface area contributed by atoms with Gasteiger partial charge in [-0.15, -0.1) is 11.3 Å². The van der Waals surface area contributed by atoms with Crippen molar-refractivity contribution >= 4 is 27.3 Å². The molecule has 0 aliphatic rings. The zero-order valence-corrected chi connectivity index (χ0v) is 7.45. The van der Waals surface area contributed by atoms with E-state index in [4.69, 9.17) is 0 Å². The van der Waals surface area contributed by atoms with Crippen LogP contribution in [0.15, 0.2) is 29.8 Å². The molecule has 0 aliphatic heterocycles. The van der Waals surface area contributed by atoms with Crippen molar-refractivity contribution in [3.05, 3.63) is 29.8 Å².